The number of halogens is 1. The second-order valence-corrected chi connectivity index (χ2v) is 14.8. The normalized spacial score (nSPS) is 16.5. The number of fused-ring (bicyclic) bond motifs is 8. The quantitative estimate of drug-likeness (QED) is 0.104. The Bertz CT molecular complexity index is 2500. The number of amides is 4. The van der Waals surface area contributed by atoms with Gasteiger partial charge in [0.25, 0.3) is 0 Å². The van der Waals surface area contributed by atoms with E-state index in [1.807, 2.05) is 24.3 Å². The highest BCUT2D eigenvalue weighted by atomic mass is 35.5. The molecule has 0 aliphatic carbocycles. The maximum absolute atomic E-state index is 13.1. The molecule has 4 amide bonds. The molecule has 4 aliphatic heterocycles. The van der Waals surface area contributed by atoms with Crippen molar-refractivity contribution in [3.8, 4) is 11.3 Å². The van der Waals surface area contributed by atoms with E-state index in [0.29, 0.717) is 45.3 Å². The van der Waals surface area contributed by atoms with Crippen LogP contribution in [0, 0.1) is 0 Å². The van der Waals surface area contributed by atoms with Gasteiger partial charge in [0, 0.05) is 74.4 Å². The van der Waals surface area contributed by atoms with Crippen molar-refractivity contribution in [2.45, 2.75) is 38.1 Å². The molecule has 0 aromatic carbocycles. The number of anilines is 6. The van der Waals surface area contributed by atoms with Crippen LogP contribution < -0.4 is 35.7 Å². The van der Waals surface area contributed by atoms with Crippen LogP contribution in [-0.2, 0) is 13.2 Å². The second-order valence-electron chi connectivity index (χ2n) is 14.4. The Labute approximate surface area is 360 Å². The molecule has 2 fully saturated rings. The van der Waals surface area contributed by atoms with Crippen molar-refractivity contribution in [1.82, 2.24) is 39.9 Å². The molecule has 0 unspecified atom stereocenters. The number of hydrogen-bond acceptors (Lipinski definition) is 16. The minimum Gasteiger partial charge on any atom is -0.423 e. The first-order chi connectivity index (χ1) is 30.2. The molecule has 4 bridgehead atoms. The molecule has 2 saturated heterocycles. The van der Waals surface area contributed by atoms with Gasteiger partial charge in [-0.1, -0.05) is 17.7 Å². The van der Waals surface area contributed by atoms with Crippen LogP contribution >= 0.6 is 11.6 Å². The SMILES string of the molecule is O=C(Nc1cnccn1)N1c2nc(-c3ccc(CO)nc3)ccc2N2CC[C@H]1C2.O=C(Nc1cnccn1)N1c2nc(Cl)ccc2N2CC[C@H]1C2.OCc1ccc(B(O)O)cn1. The first-order valence-electron chi connectivity index (χ1n) is 19.6. The molecule has 316 valence electrons. The molecule has 0 saturated carbocycles. The number of rotatable bonds is 6. The molecular formula is C40H40BClN14O6. The van der Waals surface area contributed by atoms with Crippen LogP contribution in [-0.4, -0.2) is 118 Å². The van der Waals surface area contributed by atoms with E-state index in [1.54, 1.807) is 40.5 Å². The van der Waals surface area contributed by atoms with Crippen molar-refractivity contribution in [2.24, 2.45) is 0 Å². The minimum absolute atomic E-state index is 0.0526. The van der Waals surface area contributed by atoms with Crippen LogP contribution in [0.5, 0.6) is 0 Å². The highest BCUT2D eigenvalue weighted by molar-refractivity contribution is 6.58. The Balaban J connectivity index is 0.000000141. The number of carbonyl (C=O) groups excluding carboxylic acids is 2. The van der Waals surface area contributed by atoms with Crippen molar-refractivity contribution in [3.63, 3.8) is 0 Å². The smallest absolute Gasteiger partial charge is 0.423 e. The number of aliphatic hydroxyl groups excluding tert-OH is 2. The molecule has 20 nitrogen and oxygen atoms in total. The fourth-order valence-electron chi connectivity index (χ4n) is 7.50. The standard InChI is InChI=1S/C20H19N7O2.C14H13ClN6O.C6H8BNO3/c28-12-14-2-1-13(9-23-14)16-3-4-17-19(24-16)27(15-5-8-26(17)11-15)20(29)25-18-10-21-6-7-22-18;15-11-2-1-10-13(18-11)21(9-3-6-20(10)8-9)14(22)19-12-7-16-4-5-17-12;9-4-6-2-1-5(3-8-6)7(10)11/h1-4,6-7,9-10,15,28H,5,8,11-12H2,(H,22,25,29);1-2,4-5,7,9H,3,6,8H2,(H,17,19,22);1-3,9-11H,4H2/t15-;9-;/m00./s1. The molecule has 0 radical (unpaired) electrons. The number of carbonyl (C=O) groups is 2. The van der Waals surface area contributed by atoms with E-state index in [9.17, 15) is 14.7 Å². The molecule has 6 aromatic heterocycles. The Morgan fingerprint density at radius 3 is 1.69 bits per heavy atom. The third-order valence-electron chi connectivity index (χ3n) is 10.5. The number of urea groups is 2. The lowest BCUT2D eigenvalue weighted by atomic mass is 9.82. The zero-order valence-corrected chi connectivity index (χ0v) is 33.7. The van der Waals surface area contributed by atoms with Crippen molar-refractivity contribution in [2.75, 3.05) is 56.4 Å². The lowest BCUT2D eigenvalue weighted by Crippen LogP contribution is -2.48. The molecule has 22 heteroatoms. The molecule has 4 aliphatic rings. The van der Waals surface area contributed by atoms with Crippen molar-refractivity contribution >= 4 is 70.9 Å². The van der Waals surface area contributed by atoms with Crippen LogP contribution in [0.4, 0.5) is 44.2 Å². The van der Waals surface area contributed by atoms with Gasteiger partial charge in [-0.05, 0) is 55.3 Å². The molecule has 62 heavy (non-hydrogen) atoms. The third kappa shape index (κ3) is 9.21. The number of hydrogen-bond donors (Lipinski definition) is 6. The lowest BCUT2D eigenvalue weighted by Gasteiger charge is -2.35. The number of nitrogens with zero attached hydrogens (tertiary/aromatic N) is 12. The number of pyridine rings is 4. The summed E-state index contributed by atoms with van der Waals surface area (Å²) < 4.78 is 0. The highest BCUT2D eigenvalue weighted by Crippen LogP contribution is 2.41. The number of aliphatic hydroxyl groups is 2. The largest absolute Gasteiger partial charge is 0.490 e. The van der Waals surface area contributed by atoms with Gasteiger partial charge in [0.1, 0.15) is 5.15 Å². The molecule has 6 N–H and O–H groups in total. The van der Waals surface area contributed by atoms with E-state index < -0.39 is 7.12 Å². The fourth-order valence-corrected chi connectivity index (χ4v) is 7.64. The summed E-state index contributed by atoms with van der Waals surface area (Å²) in [5, 5.41) is 41.0. The van der Waals surface area contributed by atoms with Gasteiger partial charge in [-0.3, -0.25) is 40.4 Å². The van der Waals surface area contributed by atoms with Gasteiger partial charge < -0.3 is 30.1 Å². The van der Waals surface area contributed by atoms with Crippen LogP contribution in [0.25, 0.3) is 11.3 Å². The third-order valence-corrected chi connectivity index (χ3v) is 10.7. The molecular weight excluding hydrogens is 819 g/mol. The summed E-state index contributed by atoms with van der Waals surface area (Å²) in [4.78, 5) is 67.0. The van der Waals surface area contributed by atoms with Gasteiger partial charge >= 0.3 is 19.2 Å². The highest BCUT2D eigenvalue weighted by Gasteiger charge is 2.41. The van der Waals surface area contributed by atoms with E-state index in [-0.39, 0.29) is 37.4 Å². The van der Waals surface area contributed by atoms with Gasteiger partial charge in [0.05, 0.1) is 66.1 Å². The summed E-state index contributed by atoms with van der Waals surface area (Å²) in [6.07, 6.45) is 14.0. The Morgan fingerprint density at radius 1 is 0.661 bits per heavy atom. The Hall–Kier alpha value is -6.91. The van der Waals surface area contributed by atoms with E-state index in [1.165, 1.54) is 43.1 Å². The van der Waals surface area contributed by atoms with E-state index >= 15 is 0 Å². The topological polar surface area (TPSA) is 255 Å². The lowest BCUT2D eigenvalue weighted by molar-refractivity contribution is 0.254. The van der Waals surface area contributed by atoms with Gasteiger partial charge in [-0.25, -0.2) is 29.5 Å². The maximum Gasteiger partial charge on any atom is 0.490 e. The molecule has 0 spiro atoms. The first-order valence-corrected chi connectivity index (χ1v) is 19.9. The average molecular weight is 859 g/mol. The summed E-state index contributed by atoms with van der Waals surface area (Å²) in [7, 11) is -1.49. The molecule has 10 heterocycles. The molecule has 10 rings (SSSR count). The average Bonchev–Trinajstić information content (AvgIpc) is 3.92. The fraction of sp³-hybridized carbons (Fsp3) is 0.250. The second kappa shape index (κ2) is 18.8. The summed E-state index contributed by atoms with van der Waals surface area (Å²) in [5.74, 6) is 2.04. The Kier molecular flexibility index (Phi) is 12.7. The van der Waals surface area contributed by atoms with E-state index in [2.05, 4.69) is 55.3 Å². The summed E-state index contributed by atoms with van der Waals surface area (Å²) in [6.45, 7) is 3.15. The van der Waals surface area contributed by atoms with Crippen LogP contribution in [0.1, 0.15) is 24.2 Å². The maximum atomic E-state index is 13.1. The van der Waals surface area contributed by atoms with E-state index in [0.717, 1.165) is 61.7 Å². The summed E-state index contributed by atoms with van der Waals surface area (Å²) in [6, 6.07) is 13.9. The first kappa shape index (κ1) is 41.8. The zero-order chi connectivity index (χ0) is 43.2. The summed E-state index contributed by atoms with van der Waals surface area (Å²) >= 11 is 6.01. The van der Waals surface area contributed by atoms with Gasteiger partial charge in [-0.15, -0.1) is 0 Å². The van der Waals surface area contributed by atoms with Gasteiger partial charge in [0.2, 0.25) is 0 Å². The van der Waals surface area contributed by atoms with Gasteiger partial charge in [-0.2, -0.15) is 0 Å². The number of nitrogens with one attached hydrogen (secondary N) is 2. The zero-order valence-electron chi connectivity index (χ0n) is 33.0. The predicted molar refractivity (Wildman–Crippen MR) is 231 cm³/mol. The monoisotopic (exact) mass is 858 g/mol. The van der Waals surface area contributed by atoms with E-state index in [4.69, 9.17) is 31.7 Å². The molecule has 6 aromatic rings. The molecule has 2 atom stereocenters. The van der Waals surface area contributed by atoms with Crippen LogP contribution in [0.15, 0.2) is 98.1 Å². The summed E-state index contributed by atoms with van der Waals surface area (Å²) in [5.41, 5.74) is 4.86. The number of aromatic nitrogens is 8. The van der Waals surface area contributed by atoms with Crippen molar-refractivity contribution < 1.29 is 29.9 Å². The minimum atomic E-state index is -1.49. The van der Waals surface area contributed by atoms with Crippen molar-refractivity contribution in [3.05, 3.63) is 115 Å². The van der Waals surface area contributed by atoms with Crippen molar-refractivity contribution in [1.29, 1.82) is 0 Å². The predicted octanol–water partition coefficient (Wildman–Crippen LogP) is 2.47. The van der Waals surface area contributed by atoms with Crippen LogP contribution in [0.2, 0.25) is 5.15 Å². The van der Waals surface area contributed by atoms with Crippen LogP contribution in [0.3, 0.4) is 0 Å². The van der Waals surface area contributed by atoms with Gasteiger partial charge in [0.15, 0.2) is 23.3 Å². The Morgan fingerprint density at radius 2 is 1.21 bits per heavy atom.